The number of hydrogen-bond acceptors (Lipinski definition) is 3. The number of ether oxygens (including phenoxy) is 2. The van der Waals surface area contributed by atoms with Crippen molar-refractivity contribution in [3.63, 3.8) is 0 Å². The molecule has 0 aliphatic rings. The van der Waals surface area contributed by atoms with Gasteiger partial charge in [-0.2, -0.15) is 0 Å². The van der Waals surface area contributed by atoms with Crippen LogP contribution in [0.15, 0.2) is 16.6 Å². The van der Waals surface area contributed by atoms with Gasteiger partial charge in [-0.25, -0.2) is 0 Å². The van der Waals surface area contributed by atoms with Gasteiger partial charge in [-0.05, 0) is 43.5 Å². The van der Waals surface area contributed by atoms with Gasteiger partial charge in [0.05, 0.1) is 13.2 Å². The van der Waals surface area contributed by atoms with Crippen molar-refractivity contribution >= 4 is 15.9 Å². The minimum absolute atomic E-state index is 0.626. The van der Waals surface area contributed by atoms with Crippen LogP contribution in [0.25, 0.3) is 0 Å². The van der Waals surface area contributed by atoms with Gasteiger partial charge in [0, 0.05) is 4.47 Å². The summed E-state index contributed by atoms with van der Waals surface area (Å²) >= 11 is 3.55. The number of benzene rings is 1. The first-order chi connectivity index (χ1) is 8.72. The maximum Gasteiger partial charge on any atom is 0.162 e. The average molecular weight is 316 g/mol. The zero-order chi connectivity index (χ0) is 13.4. The van der Waals surface area contributed by atoms with Crippen LogP contribution < -0.4 is 15.2 Å². The van der Waals surface area contributed by atoms with Crippen LogP contribution in [0.3, 0.4) is 0 Å². The van der Waals surface area contributed by atoms with Crippen LogP contribution in [0.1, 0.15) is 32.3 Å². The van der Waals surface area contributed by atoms with Crippen molar-refractivity contribution in [3.8, 4) is 11.5 Å². The molecule has 0 aromatic heterocycles. The Labute approximate surface area is 118 Å². The Kier molecular flexibility index (Phi) is 7.13. The number of nitrogens with two attached hydrogens (primary N) is 1. The van der Waals surface area contributed by atoms with Crippen LogP contribution in [-0.2, 0) is 6.42 Å². The first kappa shape index (κ1) is 15.3. The zero-order valence-electron chi connectivity index (χ0n) is 11.2. The summed E-state index contributed by atoms with van der Waals surface area (Å²) in [7, 11) is 0. The van der Waals surface area contributed by atoms with E-state index < -0.39 is 0 Å². The topological polar surface area (TPSA) is 44.5 Å². The third kappa shape index (κ3) is 4.50. The van der Waals surface area contributed by atoms with E-state index in [1.165, 1.54) is 0 Å². The summed E-state index contributed by atoms with van der Waals surface area (Å²) in [5, 5.41) is 0. The van der Waals surface area contributed by atoms with E-state index in [2.05, 4.69) is 29.8 Å². The van der Waals surface area contributed by atoms with Crippen molar-refractivity contribution in [2.45, 2.75) is 33.1 Å². The van der Waals surface area contributed by atoms with Crippen molar-refractivity contribution < 1.29 is 9.47 Å². The molecule has 1 aromatic carbocycles. The van der Waals surface area contributed by atoms with Crippen LogP contribution in [0, 0.1) is 0 Å². The number of halogens is 1. The van der Waals surface area contributed by atoms with Crippen LogP contribution in [0.4, 0.5) is 0 Å². The Morgan fingerprint density at radius 1 is 1.06 bits per heavy atom. The molecule has 4 heteroatoms. The molecule has 0 atom stereocenters. The molecule has 0 saturated heterocycles. The van der Waals surface area contributed by atoms with Gasteiger partial charge >= 0.3 is 0 Å². The lowest BCUT2D eigenvalue weighted by Crippen LogP contribution is -2.06. The Bertz CT molecular complexity index is 369. The van der Waals surface area contributed by atoms with E-state index in [9.17, 15) is 0 Å². The van der Waals surface area contributed by atoms with Gasteiger partial charge in [0.1, 0.15) is 0 Å². The van der Waals surface area contributed by atoms with Crippen molar-refractivity contribution in [2.75, 3.05) is 19.8 Å². The smallest absolute Gasteiger partial charge is 0.162 e. The zero-order valence-corrected chi connectivity index (χ0v) is 12.8. The van der Waals surface area contributed by atoms with Gasteiger partial charge in [0.25, 0.3) is 0 Å². The molecule has 0 aliphatic carbocycles. The van der Waals surface area contributed by atoms with E-state index in [1.54, 1.807) is 0 Å². The third-order valence-electron chi connectivity index (χ3n) is 2.45. The Balaban J connectivity index is 2.94. The maximum atomic E-state index is 5.74. The fourth-order valence-corrected chi connectivity index (χ4v) is 2.09. The molecule has 0 aliphatic heterocycles. The highest BCUT2D eigenvalue weighted by Crippen LogP contribution is 2.34. The lowest BCUT2D eigenvalue weighted by molar-refractivity contribution is 0.268. The first-order valence-electron chi connectivity index (χ1n) is 6.51. The van der Waals surface area contributed by atoms with Crippen molar-refractivity contribution in [1.82, 2.24) is 0 Å². The van der Waals surface area contributed by atoms with E-state index in [0.29, 0.717) is 19.8 Å². The molecule has 0 fully saturated rings. The van der Waals surface area contributed by atoms with E-state index in [-0.39, 0.29) is 0 Å². The molecule has 1 aromatic rings. The highest BCUT2D eigenvalue weighted by atomic mass is 79.9. The standard InChI is InChI=1S/C14H22BrNO2/c1-3-7-17-13-9-11(5-6-16)12(15)10-14(13)18-8-4-2/h9-10H,3-8,16H2,1-2H3. The van der Waals surface area contributed by atoms with Crippen LogP contribution >= 0.6 is 15.9 Å². The highest BCUT2D eigenvalue weighted by molar-refractivity contribution is 9.10. The van der Waals surface area contributed by atoms with Gasteiger partial charge in [0.2, 0.25) is 0 Å². The second-order valence-electron chi connectivity index (χ2n) is 4.13. The summed E-state index contributed by atoms with van der Waals surface area (Å²) in [6.07, 6.45) is 2.79. The molecule has 102 valence electrons. The molecule has 2 N–H and O–H groups in total. The van der Waals surface area contributed by atoms with E-state index in [1.807, 2.05) is 12.1 Å². The summed E-state index contributed by atoms with van der Waals surface area (Å²) in [4.78, 5) is 0. The molecule has 0 bridgehead atoms. The molecule has 0 radical (unpaired) electrons. The van der Waals surface area contributed by atoms with Gasteiger partial charge in [-0.1, -0.05) is 29.8 Å². The van der Waals surface area contributed by atoms with Crippen molar-refractivity contribution in [3.05, 3.63) is 22.2 Å². The maximum absolute atomic E-state index is 5.74. The molecule has 0 spiro atoms. The molecular formula is C14H22BrNO2. The molecule has 0 saturated carbocycles. The molecule has 3 nitrogen and oxygen atoms in total. The van der Waals surface area contributed by atoms with Crippen molar-refractivity contribution in [2.24, 2.45) is 5.73 Å². The second-order valence-corrected chi connectivity index (χ2v) is 4.98. The predicted molar refractivity (Wildman–Crippen MR) is 78.5 cm³/mol. The Morgan fingerprint density at radius 3 is 2.11 bits per heavy atom. The summed E-state index contributed by atoms with van der Waals surface area (Å²) in [6, 6.07) is 4.00. The lowest BCUT2D eigenvalue weighted by atomic mass is 10.1. The summed E-state index contributed by atoms with van der Waals surface area (Å²) in [5.74, 6) is 1.62. The van der Waals surface area contributed by atoms with E-state index in [0.717, 1.165) is 40.8 Å². The lowest BCUT2D eigenvalue weighted by Gasteiger charge is -2.15. The highest BCUT2D eigenvalue weighted by Gasteiger charge is 2.10. The van der Waals surface area contributed by atoms with Crippen LogP contribution in [0.2, 0.25) is 0 Å². The van der Waals surface area contributed by atoms with E-state index >= 15 is 0 Å². The average Bonchev–Trinajstić information content (AvgIpc) is 2.37. The van der Waals surface area contributed by atoms with Gasteiger partial charge < -0.3 is 15.2 Å². The molecular weight excluding hydrogens is 294 g/mol. The fraction of sp³-hybridized carbons (Fsp3) is 0.571. The largest absolute Gasteiger partial charge is 0.490 e. The van der Waals surface area contributed by atoms with Crippen LogP contribution in [-0.4, -0.2) is 19.8 Å². The summed E-state index contributed by atoms with van der Waals surface area (Å²) in [6.45, 7) is 6.20. The Hall–Kier alpha value is -0.740. The van der Waals surface area contributed by atoms with Gasteiger partial charge in [-0.15, -0.1) is 0 Å². The first-order valence-corrected chi connectivity index (χ1v) is 7.30. The molecule has 1 rings (SSSR count). The predicted octanol–water partition coefficient (Wildman–Crippen LogP) is 3.53. The minimum Gasteiger partial charge on any atom is -0.490 e. The fourth-order valence-electron chi connectivity index (χ4n) is 1.57. The van der Waals surface area contributed by atoms with Crippen molar-refractivity contribution in [1.29, 1.82) is 0 Å². The SMILES string of the molecule is CCCOc1cc(Br)c(CCN)cc1OCCC. The monoisotopic (exact) mass is 315 g/mol. The van der Waals surface area contributed by atoms with E-state index in [4.69, 9.17) is 15.2 Å². The second kappa shape index (κ2) is 8.38. The number of rotatable bonds is 8. The minimum atomic E-state index is 0.626. The molecule has 0 unspecified atom stereocenters. The quantitative estimate of drug-likeness (QED) is 0.798. The van der Waals surface area contributed by atoms with Gasteiger partial charge in [0.15, 0.2) is 11.5 Å². The van der Waals surface area contributed by atoms with Crippen LogP contribution in [0.5, 0.6) is 11.5 Å². The van der Waals surface area contributed by atoms with Gasteiger partial charge in [-0.3, -0.25) is 0 Å². The molecule has 0 amide bonds. The molecule has 0 heterocycles. The summed E-state index contributed by atoms with van der Waals surface area (Å²) in [5.41, 5.74) is 6.76. The summed E-state index contributed by atoms with van der Waals surface area (Å²) < 4.78 is 12.5. The molecule has 18 heavy (non-hydrogen) atoms. The Morgan fingerprint density at radius 2 is 1.61 bits per heavy atom. The third-order valence-corrected chi connectivity index (χ3v) is 3.19. The normalized spacial score (nSPS) is 10.4. The number of hydrogen-bond donors (Lipinski definition) is 1.